The van der Waals surface area contributed by atoms with Crippen LogP contribution in [0.15, 0.2) is 24.3 Å². The molecule has 98 valence electrons. The average molecular weight is 251 g/mol. The van der Waals surface area contributed by atoms with Gasteiger partial charge in [0.05, 0.1) is 5.56 Å². The largest absolute Gasteiger partial charge is 0.462 e. The van der Waals surface area contributed by atoms with Crippen molar-refractivity contribution in [2.24, 2.45) is 0 Å². The third kappa shape index (κ3) is 4.86. The van der Waals surface area contributed by atoms with Crippen LogP contribution in [-0.2, 0) is 14.3 Å². The molecule has 5 nitrogen and oxygen atoms in total. The molecule has 0 amide bonds. The van der Waals surface area contributed by atoms with Crippen molar-refractivity contribution in [2.75, 3.05) is 18.9 Å². The molecule has 0 spiro atoms. The van der Waals surface area contributed by atoms with Crippen LogP contribution in [0.25, 0.3) is 0 Å². The molecule has 0 saturated heterocycles. The van der Waals surface area contributed by atoms with Gasteiger partial charge < -0.3 is 15.2 Å². The topological polar surface area (TPSA) is 78.6 Å². The summed E-state index contributed by atoms with van der Waals surface area (Å²) >= 11 is 0. The van der Waals surface area contributed by atoms with Gasteiger partial charge in [-0.15, -0.1) is 0 Å². The van der Waals surface area contributed by atoms with Crippen LogP contribution in [0.3, 0.4) is 0 Å². The Morgan fingerprint density at radius 1 is 1.11 bits per heavy atom. The molecule has 0 saturated carbocycles. The molecule has 0 atom stereocenters. The Bertz CT molecular complexity index is 400. The monoisotopic (exact) mass is 251 g/mol. The molecular formula is C13H17NO4. The van der Waals surface area contributed by atoms with Crippen molar-refractivity contribution in [1.29, 1.82) is 0 Å². The van der Waals surface area contributed by atoms with Gasteiger partial charge in [0.1, 0.15) is 13.2 Å². The van der Waals surface area contributed by atoms with E-state index < -0.39 is 5.97 Å². The minimum Gasteiger partial charge on any atom is -0.462 e. The maximum absolute atomic E-state index is 11.5. The third-order valence-electron chi connectivity index (χ3n) is 2.18. The lowest BCUT2D eigenvalue weighted by molar-refractivity contribution is -0.144. The van der Waals surface area contributed by atoms with Crippen LogP contribution in [0.2, 0.25) is 0 Å². The van der Waals surface area contributed by atoms with Crippen LogP contribution in [0.5, 0.6) is 0 Å². The first-order chi connectivity index (χ1) is 8.63. The molecule has 0 aromatic heterocycles. The van der Waals surface area contributed by atoms with Gasteiger partial charge in [0.15, 0.2) is 0 Å². The Labute approximate surface area is 106 Å². The zero-order valence-electron chi connectivity index (χ0n) is 10.3. The predicted octanol–water partition coefficient (Wildman–Crippen LogP) is 1.77. The molecule has 0 fully saturated rings. The van der Waals surface area contributed by atoms with E-state index in [9.17, 15) is 9.59 Å². The predicted molar refractivity (Wildman–Crippen MR) is 67.0 cm³/mol. The minimum atomic E-state index is -0.457. The van der Waals surface area contributed by atoms with E-state index in [-0.39, 0.29) is 19.2 Å². The number of anilines is 1. The number of hydrogen-bond donors (Lipinski definition) is 1. The highest BCUT2D eigenvalue weighted by atomic mass is 16.6. The number of nitrogen functional groups attached to an aromatic ring is 1. The molecule has 5 heteroatoms. The Hall–Kier alpha value is -2.04. The number of ether oxygens (including phenoxy) is 2. The van der Waals surface area contributed by atoms with E-state index in [0.717, 1.165) is 6.42 Å². The third-order valence-corrected chi connectivity index (χ3v) is 2.18. The second kappa shape index (κ2) is 7.32. The summed E-state index contributed by atoms with van der Waals surface area (Å²) in [5.74, 6) is -0.734. The first-order valence-electron chi connectivity index (χ1n) is 5.81. The lowest BCUT2D eigenvalue weighted by atomic mass is 10.2. The summed E-state index contributed by atoms with van der Waals surface area (Å²) < 4.78 is 9.79. The summed E-state index contributed by atoms with van der Waals surface area (Å²) in [6.45, 7) is 2.03. The molecular weight excluding hydrogens is 234 g/mol. The molecule has 0 heterocycles. The average Bonchev–Trinajstić information content (AvgIpc) is 2.35. The molecule has 0 aliphatic carbocycles. The summed E-state index contributed by atoms with van der Waals surface area (Å²) in [6.07, 6.45) is 1.12. The van der Waals surface area contributed by atoms with Gasteiger partial charge in [-0.3, -0.25) is 4.79 Å². The molecule has 18 heavy (non-hydrogen) atoms. The summed E-state index contributed by atoms with van der Waals surface area (Å²) in [5.41, 5.74) is 6.50. The van der Waals surface area contributed by atoms with Crippen molar-refractivity contribution in [3.8, 4) is 0 Å². The van der Waals surface area contributed by atoms with Crippen LogP contribution in [0, 0.1) is 0 Å². The number of esters is 2. The normalized spacial score (nSPS) is 9.83. The zero-order chi connectivity index (χ0) is 13.4. The van der Waals surface area contributed by atoms with E-state index >= 15 is 0 Å². The molecule has 0 unspecified atom stereocenters. The summed E-state index contributed by atoms with van der Waals surface area (Å²) in [4.78, 5) is 22.5. The van der Waals surface area contributed by atoms with E-state index in [1.165, 1.54) is 0 Å². The smallest absolute Gasteiger partial charge is 0.338 e. The highest BCUT2D eigenvalue weighted by Crippen LogP contribution is 2.06. The fourth-order valence-electron chi connectivity index (χ4n) is 1.27. The lowest BCUT2D eigenvalue weighted by Crippen LogP contribution is -2.13. The second-order valence-electron chi connectivity index (χ2n) is 3.73. The SMILES string of the molecule is CCCC(=O)OCCOC(=O)c1ccc(N)cc1. The fourth-order valence-corrected chi connectivity index (χ4v) is 1.27. The Morgan fingerprint density at radius 2 is 1.72 bits per heavy atom. The number of carbonyl (C=O) groups excluding carboxylic acids is 2. The highest BCUT2D eigenvalue weighted by Gasteiger charge is 2.07. The fraction of sp³-hybridized carbons (Fsp3) is 0.385. The minimum absolute atomic E-state index is 0.0542. The van der Waals surface area contributed by atoms with Crippen molar-refractivity contribution in [2.45, 2.75) is 19.8 Å². The van der Waals surface area contributed by atoms with Crippen LogP contribution in [-0.4, -0.2) is 25.2 Å². The van der Waals surface area contributed by atoms with Crippen molar-refractivity contribution < 1.29 is 19.1 Å². The van der Waals surface area contributed by atoms with Gasteiger partial charge in [-0.2, -0.15) is 0 Å². The molecule has 1 aromatic rings. The number of nitrogens with two attached hydrogens (primary N) is 1. The van der Waals surface area contributed by atoms with E-state index in [0.29, 0.717) is 17.7 Å². The van der Waals surface area contributed by atoms with Crippen molar-refractivity contribution >= 4 is 17.6 Å². The Balaban J connectivity index is 2.25. The van der Waals surface area contributed by atoms with Gasteiger partial charge in [-0.25, -0.2) is 4.79 Å². The standard InChI is InChI=1S/C13H17NO4/c1-2-3-12(15)17-8-9-18-13(16)10-4-6-11(14)7-5-10/h4-7H,2-3,8-9,14H2,1H3. The first-order valence-corrected chi connectivity index (χ1v) is 5.81. The van der Waals surface area contributed by atoms with Crippen molar-refractivity contribution in [3.63, 3.8) is 0 Å². The van der Waals surface area contributed by atoms with E-state index in [1.54, 1.807) is 24.3 Å². The van der Waals surface area contributed by atoms with Gasteiger partial charge >= 0.3 is 11.9 Å². The van der Waals surface area contributed by atoms with E-state index in [1.807, 2.05) is 6.92 Å². The van der Waals surface area contributed by atoms with E-state index in [4.69, 9.17) is 15.2 Å². The van der Waals surface area contributed by atoms with Gasteiger partial charge in [0, 0.05) is 12.1 Å². The Morgan fingerprint density at radius 3 is 2.33 bits per heavy atom. The van der Waals surface area contributed by atoms with Gasteiger partial charge in [-0.05, 0) is 30.7 Å². The quantitative estimate of drug-likeness (QED) is 0.473. The zero-order valence-corrected chi connectivity index (χ0v) is 10.3. The first kappa shape index (κ1) is 14.0. The van der Waals surface area contributed by atoms with Gasteiger partial charge in [-0.1, -0.05) is 6.92 Å². The Kier molecular flexibility index (Phi) is 5.70. The summed E-state index contributed by atoms with van der Waals surface area (Å²) in [6, 6.07) is 6.41. The van der Waals surface area contributed by atoms with Crippen LogP contribution < -0.4 is 5.73 Å². The summed E-state index contributed by atoms with van der Waals surface area (Å²) in [5, 5.41) is 0. The van der Waals surface area contributed by atoms with Crippen molar-refractivity contribution in [3.05, 3.63) is 29.8 Å². The molecule has 0 aliphatic heterocycles. The molecule has 0 aliphatic rings. The molecule has 0 radical (unpaired) electrons. The molecule has 1 rings (SSSR count). The van der Waals surface area contributed by atoms with Crippen molar-refractivity contribution in [1.82, 2.24) is 0 Å². The van der Waals surface area contributed by atoms with E-state index in [2.05, 4.69) is 0 Å². The highest BCUT2D eigenvalue weighted by molar-refractivity contribution is 5.89. The second-order valence-corrected chi connectivity index (χ2v) is 3.73. The van der Waals surface area contributed by atoms with Crippen LogP contribution in [0.1, 0.15) is 30.1 Å². The summed E-state index contributed by atoms with van der Waals surface area (Å²) in [7, 11) is 0. The van der Waals surface area contributed by atoms with Crippen LogP contribution in [0.4, 0.5) is 5.69 Å². The maximum Gasteiger partial charge on any atom is 0.338 e. The maximum atomic E-state index is 11.5. The molecule has 0 bridgehead atoms. The number of carbonyl (C=O) groups is 2. The molecule has 1 aromatic carbocycles. The number of hydrogen-bond acceptors (Lipinski definition) is 5. The van der Waals surface area contributed by atoms with Gasteiger partial charge in [0.25, 0.3) is 0 Å². The number of rotatable bonds is 6. The lowest BCUT2D eigenvalue weighted by Gasteiger charge is -2.06. The number of benzene rings is 1. The van der Waals surface area contributed by atoms with Gasteiger partial charge in [0.2, 0.25) is 0 Å². The van der Waals surface area contributed by atoms with Crippen LogP contribution >= 0.6 is 0 Å². The molecule has 2 N–H and O–H groups in total.